The zero-order valence-corrected chi connectivity index (χ0v) is 24.3. The Morgan fingerprint density at radius 3 is 2.00 bits per heavy atom. The largest absolute Gasteiger partial charge is 0.416 e. The lowest BCUT2D eigenvalue weighted by Gasteiger charge is -2.30. The highest BCUT2D eigenvalue weighted by atomic mass is 19.4. The average Bonchev–Trinajstić information content (AvgIpc) is 3.56. The van der Waals surface area contributed by atoms with Gasteiger partial charge < -0.3 is 9.47 Å². The summed E-state index contributed by atoms with van der Waals surface area (Å²) in [5.74, 6) is 0.0890. The number of hydrogen-bond donors (Lipinski definition) is 0. The second-order valence-corrected chi connectivity index (χ2v) is 11.9. The smallest absolute Gasteiger partial charge is 0.334 e. The van der Waals surface area contributed by atoms with Gasteiger partial charge in [0.05, 0.1) is 28.2 Å². The Morgan fingerprint density at radius 2 is 1.24 bits per heavy atom. The lowest BCUT2D eigenvalue weighted by molar-refractivity contribution is -0.138. The van der Waals surface area contributed by atoms with Crippen molar-refractivity contribution < 1.29 is 26.3 Å². The number of allylic oxidation sites excluding steroid dienone is 1. The molecule has 2 nitrogen and oxygen atoms in total. The number of halogens is 6. The lowest BCUT2D eigenvalue weighted by atomic mass is 9.86. The van der Waals surface area contributed by atoms with Crippen LogP contribution in [0.5, 0.6) is 0 Å². The van der Waals surface area contributed by atoms with Crippen molar-refractivity contribution in [3.8, 4) is 16.8 Å². The van der Waals surface area contributed by atoms with E-state index in [1.54, 1.807) is 6.07 Å². The molecule has 46 heavy (non-hydrogen) atoms. The summed E-state index contributed by atoms with van der Waals surface area (Å²) in [5.41, 5.74) is 4.46. The van der Waals surface area contributed by atoms with Crippen molar-refractivity contribution in [2.45, 2.75) is 37.2 Å². The highest BCUT2D eigenvalue weighted by molar-refractivity contribution is 6.09. The third kappa shape index (κ3) is 4.58. The van der Waals surface area contributed by atoms with Gasteiger partial charge in [-0.1, -0.05) is 66.7 Å². The first-order valence-electron chi connectivity index (χ1n) is 15.1. The molecule has 8 heteroatoms. The van der Waals surface area contributed by atoms with Crippen molar-refractivity contribution >= 4 is 33.2 Å². The molecule has 1 aliphatic heterocycles. The fraction of sp³-hybridized carbons (Fsp3) is 0.158. The van der Waals surface area contributed by atoms with Gasteiger partial charge in [-0.05, 0) is 84.1 Å². The van der Waals surface area contributed by atoms with Gasteiger partial charge >= 0.3 is 12.4 Å². The average molecular weight is 625 g/mol. The third-order valence-corrected chi connectivity index (χ3v) is 9.27. The topological polar surface area (TPSA) is 8.17 Å². The molecule has 6 aromatic rings. The Bertz CT molecular complexity index is 2170. The van der Waals surface area contributed by atoms with E-state index in [2.05, 4.69) is 12.2 Å². The van der Waals surface area contributed by atoms with Crippen LogP contribution in [0.25, 0.3) is 38.6 Å². The predicted octanol–water partition coefficient (Wildman–Crippen LogP) is 11.4. The van der Waals surface area contributed by atoms with E-state index in [0.29, 0.717) is 16.9 Å². The minimum absolute atomic E-state index is 0.0890. The molecule has 8 rings (SSSR count). The van der Waals surface area contributed by atoms with Gasteiger partial charge in [-0.2, -0.15) is 26.3 Å². The van der Waals surface area contributed by atoms with E-state index in [1.165, 1.54) is 24.3 Å². The van der Waals surface area contributed by atoms with Crippen LogP contribution in [0.3, 0.4) is 0 Å². The summed E-state index contributed by atoms with van der Waals surface area (Å²) in [5, 5.41) is 1.57. The molecule has 0 spiro atoms. The highest BCUT2D eigenvalue weighted by Gasteiger charge is 2.41. The minimum atomic E-state index is -4.49. The maximum Gasteiger partial charge on any atom is 0.416 e. The molecule has 0 radical (unpaired) electrons. The van der Waals surface area contributed by atoms with Crippen LogP contribution in [0, 0.1) is 0 Å². The molecule has 1 aromatic heterocycles. The number of alkyl halides is 6. The van der Waals surface area contributed by atoms with Crippen LogP contribution in [0.15, 0.2) is 121 Å². The van der Waals surface area contributed by atoms with E-state index in [9.17, 15) is 26.3 Å². The molecule has 0 fully saturated rings. The van der Waals surface area contributed by atoms with Gasteiger partial charge in [-0.25, -0.2) is 0 Å². The maximum absolute atomic E-state index is 13.8. The number of benzene rings is 5. The SMILES string of the molecule is FC(F)(F)c1ccc2c(c1)N(c1cccc(-c3cccc(-n4c5ccccc5c5ccc(C(F)(F)F)cc54)c3)c1)C1C=CCCC21. The zero-order chi connectivity index (χ0) is 31.8. The Balaban J connectivity index is 1.25. The van der Waals surface area contributed by atoms with Gasteiger partial charge in [0, 0.05) is 33.8 Å². The molecule has 2 heterocycles. The first-order valence-corrected chi connectivity index (χ1v) is 15.1. The van der Waals surface area contributed by atoms with Crippen molar-refractivity contribution in [3.05, 3.63) is 138 Å². The van der Waals surface area contributed by atoms with Gasteiger partial charge in [-0.3, -0.25) is 0 Å². The molecule has 0 amide bonds. The third-order valence-electron chi connectivity index (χ3n) is 9.27. The normalized spacial score (nSPS) is 17.9. The Morgan fingerprint density at radius 1 is 0.587 bits per heavy atom. The second kappa shape index (κ2) is 10.3. The van der Waals surface area contributed by atoms with Crippen LogP contribution >= 0.6 is 0 Å². The van der Waals surface area contributed by atoms with Crippen molar-refractivity contribution in [2.75, 3.05) is 4.90 Å². The fourth-order valence-electron chi connectivity index (χ4n) is 7.22. The van der Waals surface area contributed by atoms with Crippen molar-refractivity contribution in [1.29, 1.82) is 0 Å². The van der Waals surface area contributed by atoms with E-state index >= 15 is 0 Å². The molecular weight excluding hydrogens is 598 g/mol. The Kier molecular flexibility index (Phi) is 6.36. The standard InChI is InChI=1S/C38H26F6N2/c39-37(40,41)25-15-17-31-29-11-1-3-13-33(29)45(35(31)21-25)27-9-5-7-23(19-27)24-8-6-10-28(20-24)46-34-14-4-2-12-30(34)32-18-16-26(22-36(32)46)38(42,43)44/h1,3-11,13-22,30,34H,2,12H2. The molecule has 0 saturated heterocycles. The quantitative estimate of drug-likeness (QED) is 0.141. The van der Waals surface area contributed by atoms with E-state index in [-0.39, 0.29) is 12.0 Å². The summed E-state index contributed by atoms with van der Waals surface area (Å²) in [6.07, 6.45) is -3.04. The first kappa shape index (κ1) is 28.5. The monoisotopic (exact) mass is 624 g/mol. The molecule has 0 saturated carbocycles. The fourth-order valence-corrected chi connectivity index (χ4v) is 7.22. The lowest BCUT2D eigenvalue weighted by Crippen LogP contribution is -2.29. The number of anilines is 2. The molecule has 0 N–H and O–H groups in total. The number of hydrogen-bond acceptors (Lipinski definition) is 1. The van der Waals surface area contributed by atoms with Gasteiger partial charge in [0.2, 0.25) is 0 Å². The van der Waals surface area contributed by atoms with Gasteiger partial charge in [0.25, 0.3) is 0 Å². The molecular formula is C38H26F6N2. The van der Waals surface area contributed by atoms with Crippen molar-refractivity contribution in [3.63, 3.8) is 0 Å². The maximum atomic E-state index is 13.8. The van der Waals surface area contributed by atoms with E-state index in [4.69, 9.17) is 0 Å². The van der Waals surface area contributed by atoms with Crippen LogP contribution in [-0.2, 0) is 12.4 Å². The van der Waals surface area contributed by atoms with Crippen LogP contribution in [0.2, 0.25) is 0 Å². The van der Waals surface area contributed by atoms with Crippen molar-refractivity contribution in [1.82, 2.24) is 4.57 Å². The van der Waals surface area contributed by atoms with E-state index in [0.717, 1.165) is 57.6 Å². The molecule has 2 atom stereocenters. The molecule has 230 valence electrons. The van der Waals surface area contributed by atoms with Gasteiger partial charge in [0.1, 0.15) is 0 Å². The van der Waals surface area contributed by atoms with Crippen LogP contribution in [0.4, 0.5) is 37.7 Å². The van der Waals surface area contributed by atoms with E-state index < -0.39 is 23.5 Å². The summed E-state index contributed by atoms with van der Waals surface area (Å²) in [4.78, 5) is 2.00. The Labute approximate surface area is 260 Å². The van der Waals surface area contributed by atoms with Crippen LogP contribution < -0.4 is 4.90 Å². The predicted molar refractivity (Wildman–Crippen MR) is 170 cm³/mol. The van der Waals surface area contributed by atoms with Gasteiger partial charge in [0.15, 0.2) is 0 Å². The first-order chi connectivity index (χ1) is 22.1. The second-order valence-electron chi connectivity index (χ2n) is 11.9. The molecule has 1 aliphatic carbocycles. The number of rotatable bonds is 3. The summed E-state index contributed by atoms with van der Waals surface area (Å²) < 4.78 is 84.5. The molecule has 2 unspecified atom stereocenters. The molecule has 5 aromatic carbocycles. The Hall–Kier alpha value is -4.98. The number of nitrogens with zero attached hydrogens (tertiary/aromatic N) is 2. The minimum Gasteiger partial charge on any atom is -0.334 e. The summed E-state index contributed by atoms with van der Waals surface area (Å²) in [7, 11) is 0. The summed E-state index contributed by atoms with van der Waals surface area (Å²) in [6.45, 7) is 0. The number of aromatic nitrogens is 1. The number of para-hydroxylation sites is 1. The van der Waals surface area contributed by atoms with Crippen molar-refractivity contribution in [2.24, 2.45) is 0 Å². The van der Waals surface area contributed by atoms with Crippen LogP contribution in [-0.4, -0.2) is 10.6 Å². The number of fused-ring (bicyclic) bond motifs is 6. The molecule has 2 aliphatic rings. The zero-order valence-electron chi connectivity index (χ0n) is 24.3. The summed E-state index contributed by atoms with van der Waals surface area (Å²) in [6, 6.07) is 30.6. The van der Waals surface area contributed by atoms with Gasteiger partial charge in [-0.15, -0.1) is 0 Å². The van der Waals surface area contributed by atoms with E-state index in [1.807, 2.05) is 82.3 Å². The summed E-state index contributed by atoms with van der Waals surface area (Å²) >= 11 is 0. The van der Waals surface area contributed by atoms with Crippen LogP contribution in [0.1, 0.15) is 35.4 Å². The highest BCUT2D eigenvalue weighted by Crippen LogP contribution is 2.51. The molecule has 0 bridgehead atoms.